The standard InChI is InChI=1S/C14H9N5O/c20-14-3-4-17-13-8-11(18-19(13)14)9-1-2-10-12(7-9)16-6-5-15-10/h1-8,17H. The zero-order valence-corrected chi connectivity index (χ0v) is 10.3. The van der Waals surface area contributed by atoms with Crippen LogP contribution in [0.5, 0.6) is 0 Å². The van der Waals surface area contributed by atoms with Crippen molar-refractivity contribution >= 4 is 16.7 Å². The van der Waals surface area contributed by atoms with E-state index >= 15 is 0 Å². The Bertz CT molecular complexity index is 985. The number of hydrogen-bond donors (Lipinski definition) is 1. The molecule has 0 aliphatic heterocycles. The van der Waals surface area contributed by atoms with Gasteiger partial charge in [-0.2, -0.15) is 9.61 Å². The lowest BCUT2D eigenvalue weighted by molar-refractivity contribution is 0.903. The Kier molecular flexibility index (Phi) is 2.17. The van der Waals surface area contributed by atoms with Gasteiger partial charge in [0.05, 0.1) is 16.7 Å². The zero-order valence-electron chi connectivity index (χ0n) is 10.3. The third-order valence-electron chi connectivity index (χ3n) is 3.14. The molecule has 96 valence electrons. The molecule has 3 heterocycles. The molecule has 4 aromatic rings. The summed E-state index contributed by atoms with van der Waals surface area (Å²) in [6.45, 7) is 0. The topological polar surface area (TPSA) is 75.9 Å². The highest BCUT2D eigenvalue weighted by molar-refractivity contribution is 5.80. The summed E-state index contributed by atoms with van der Waals surface area (Å²) in [5.41, 5.74) is 3.74. The number of rotatable bonds is 1. The molecule has 0 atom stereocenters. The van der Waals surface area contributed by atoms with Gasteiger partial charge < -0.3 is 4.98 Å². The monoisotopic (exact) mass is 263 g/mol. The van der Waals surface area contributed by atoms with Crippen molar-refractivity contribution in [2.75, 3.05) is 0 Å². The van der Waals surface area contributed by atoms with Gasteiger partial charge in [0, 0.05) is 36.3 Å². The van der Waals surface area contributed by atoms with E-state index in [9.17, 15) is 4.79 Å². The second-order valence-corrected chi connectivity index (χ2v) is 4.40. The summed E-state index contributed by atoms with van der Waals surface area (Å²) in [4.78, 5) is 23.2. The Morgan fingerprint density at radius 3 is 2.70 bits per heavy atom. The molecule has 0 unspecified atom stereocenters. The van der Waals surface area contributed by atoms with Crippen molar-refractivity contribution in [2.45, 2.75) is 0 Å². The summed E-state index contributed by atoms with van der Waals surface area (Å²) in [5, 5.41) is 4.31. The Labute approximate surface area is 112 Å². The number of aromatic amines is 1. The second kappa shape index (κ2) is 3.99. The molecule has 0 aliphatic carbocycles. The van der Waals surface area contributed by atoms with Crippen LogP contribution in [0.4, 0.5) is 0 Å². The van der Waals surface area contributed by atoms with Gasteiger partial charge in [-0.3, -0.25) is 14.8 Å². The molecule has 1 N–H and O–H groups in total. The summed E-state index contributed by atoms with van der Waals surface area (Å²) in [6, 6.07) is 9.00. The maximum atomic E-state index is 11.7. The first-order valence-corrected chi connectivity index (χ1v) is 6.10. The predicted octanol–water partition coefficient (Wildman–Crippen LogP) is 1.63. The lowest BCUT2D eigenvalue weighted by Crippen LogP contribution is -2.12. The lowest BCUT2D eigenvalue weighted by atomic mass is 10.1. The fraction of sp³-hybridized carbons (Fsp3) is 0. The van der Waals surface area contributed by atoms with Gasteiger partial charge in [0.1, 0.15) is 5.65 Å². The highest BCUT2D eigenvalue weighted by Crippen LogP contribution is 2.21. The number of H-pyrrole nitrogens is 1. The highest BCUT2D eigenvalue weighted by Gasteiger charge is 2.07. The normalized spacial score (nSPS) is 11.2. The third-order valence-corrected chi connectivity index (χ3v) is 3.14. The molecule has 0 radical (unpaired) electrons. The molecule has 0 fully saturated rings. The molecule has 0 saturated carbocycles. The molecule has 0 spiro atoms. The van der Waals surface area contributed by atoms with Crippen LogP contribution in [0.25, 0.3) is 27.9 Å². The van der Waals surface area contributed by atoms with Crippen LogP contribution in [0.15, 0.2) is 53.7 Å². The van der Waals surface area contributed by atoms with Crippen LogP contribution in [0.3, 0.4) is 0 Å². The minimum atomic E-state index is -0.161. The van der Waals surface area contributed by atoms with Crippen LogP contribution >= 0.6 is 0 Å². The van der Waals surface area contributed by atoms with E-state index in [1.165, 1.54) is 10.6 Å². The summed E-state index contributed by atoms with van der Waals surface area (Å²) >= 11 is 0. The Morgan fingerprint density at radius 2 is 1.85 bits per heavy atom. The molecule has 0 bridgehead atoms. The van der Waals surface area contributed by atoms with Gasteiger partial charge in [0.2, 0.25) is 0 Å². The quantitative estimate of drug-likeness (QED) is 0.566. The second-order valence-electron chi connectivity index (χ2n) is 4.40. The Balaban J connectivity index is 1.96. The lowest BCUT2D eigenvalue weighted by Gasteiger charge is -1.98. The Morgan fingerprint density at radius 1 is 1.00 bits per heavy atom. The summed E-state index contributed by atoms with van der Waals surface area (Å²) in [5.74, 6) is 0. The maximum Gasteiger partial charge on any atom is 0.274 e. The van der Waals surface area contributed by atoms with Gasteiger partial charge in [0.25, 0.3) is 5.56 Å². The predicted molar refractivity (Wildman–Crippen MR) is 74.3 cm³/mol. The van der Waals surface area contributed by atoms with Gasteiger partial charge in [-0.1, -0.05) is 6.07 Å². The SMILES string of the molecule is O=c1cc[nH]c2cc(-c3ccc4nccnc4c3)nn12. The highest BCUT2D eigenvalue weighted by atomic mass is 16.1. The van der Waals surface area contributed by atoms with Crippen molar-refractivity contribution in [3.05, 3.63) is 59.3 Å². The van der Waals surface area contributed by atoms with E-state index in [1.54, 1.807) is 18.6 Å². The van der Waals surface area contributed by atoms with E-state index in [0.29, 0.717) is 5.65 Å². The van der Waals surface area contributed by atoms with E-state index < -0.39 is 0 Å². The van der Waals surface area contributed by atoms with Crippen molar-refractivity contribution in [2.24, 2.45) is 0 Å². The molecular formula is C14H9N5O. The van der Waals surface area contributed by atoms with Crippen molar-refractivity contribution in [1.82, 2.24) is 24.6 Å². The fourth-order valence-corrected chi connectivity index (χ4v) is 2.18. The van der Waals surface area contributed by atoms with Crippen molar-refractivity contribution in [3.8, 4) is 11.3 Å². The minimum absolute atomic E-state index is 0.161. The maximum absolute atomic E-state index is 11.7. The van der Waals surface area contributed by atoms with Gasteiger partial charge in [0.15, 0.2) is 0 Å². The summed E-state index contributed by atoms with van der Waals surface area (Å²) in [6.07, 6.45) is 4.92. The molecular weight excluding hydrogens is 254 g/mol. The Hall–Kier alpha value is -3.02. The average Bonchev–Trinajstić information content (AvgIpc) is 2.92. The molecule has 6 nitrogen and oxygen atoms in total. The van der Waals surface area contributed by atoms with Gasteiger partial charge in [-0.15, -0.1) is 0 Å². The van der Waals surface area contributed by atoms with Crippen molar-refractivity contribution in [1.29, 1.82) is 0 Å². The number of fused-ring (bicyclic) bond motifs is 2. The number of hydrogen-bond acceptors (Lipinski definition) is 4. The van der Waals surface area contributed by atoms with Crippen LogP contribution in [0.2, 0.25) is 0 Å². The molecule has 1 aromatic carbocycles. The van der Waals surface area contributed by atoms with Crippen molar-refractivity contribution < 1.29 is 0 Å². The summed E-state index contributed by atoms with van der Waals surface area (Å²) < 4.78 is 1.34. The first-order chi connectivity index (χ1) is 9.81. The minimum Gasteiger partial charge on any atom is -0.346 e. The fourth-order valence-electron chi connectivity index (χ4n) is 2.18. The molecule has 0 aliphatic rings. The van der Waals surface area contributed by atoms with Crippen LogP contribution in [-0.4, -0.2) is 24.6 Å². The van der Waals surface area contributed by atoms with E-state index in [-0.39, 0.29) is 5.56 Å². The number of nitrogens with one attached hydrogen (secondary N) is 1. The van der Waals surface area contributed by atoms with E-state index in [4.69, 9.17) is 0 Å². The van der Waals surface area contributed by atoms with Gasteiger partial charge >= 0.3 is 0 Å². The van der Waals surface area contributed by atoms with Crippen LogP contribution in [0.1, 0.15) is 0 Å². The van der Waals surface area contributed by atoms with E-state index in [0.717, 1.165) is 22.3 Å². The van der Waals surface area contributed by atoms with E-state index in [1.807, 2.05) is 24.3 Å². The van der Waals surface area contributed by atoms with Gasteiger partial charge in [-0.05, 0) is 12.1 Å². The molecule has 0 saturated heterocycles. The van der Waals surface area contributed by atoms with E-state index in [2.05, 4.69) is 20.1 Å². The molecule has 4 rings (SSSR count). The summed E-state index contributed by atoms with van der Waals surface area (Å²) in [7, 11) is 0. The molecule has 0 amide bonds. The van der Waals surface area contributed by atoms with Crippen LogP contribution < -0.4 is 5.56 Å². The molecule has 3 aromatic heterocycles. The number of nitrogens with zero attached hydrogens (tertiary/aromatic N) is 4. The number of aromatic nitrogens is 5. The van der Waals surface area contributed by atoms with Crippen LogP contribution in [-0.2, 0) is 0 Å². The van der Waals surface area contributed by atoms with Crippen LogP contribution in [0, 0.1) is 0 Å². The van der Waals surface area contributed by atoms with Gasteiger partial charge in [-0.25, -0.2) is 0 Å². The first kappa shape index (κ1) is 10.9. The molecule has 20 heavy (non-hydrogen) atoms. The molecule has 6 heteroatoms. The first-order valence-electron chi connectivity index (χ1n) is 6.10. The largest absolute Gasteiger partial charge is 0.346 e. The number of benzene rings is 1. The zero-order chi connectivity index (χ0) is 13.5. The average molecular weight is 263 g/mol. The smallest absolute Gasteiger partial charge is 0.274 e. The third kappa shape index (κ3) is 1.58. The van der Waals surface area contributed by atoms with Crippen molar-refractivity contribution in [3.63, 3.8) is 0 Å².